The Morgan fingerprint density at radius 2 is 1.86 bits per heavy atom. The number of ether oxygens (including phenoxy) is 2. The Morgan fingerprint density at radius 1 is 1.05 bits per heavy atom. The summed E-state index contributed by atoms with van der Waals surface area (Å²) in [6.07, 6.45) is 0.160. The van der Waals surface area contributed by atoms with Crippen LogP contribution in [-0.4, -0.2) is 47.6 Å². The van der Waals surface area contributed by atoms with Crippen LogP contribution < -0.4 is 25.4 Å². The van der Waals surface area contributed by atoms with Crippen molar-refractivity contribution < 1.29 is 27.0 Å². The molecule has 1 aliphatic heterocycles. The Bertz CT molecular complexity index is 1560. The molecule has 2 aromatic heterocycles. The molecule has 2 aromatic carbocycles. The Labute approximate surface area is 246 Å². The molecular formula is C29H29ClF4N6O2. The highest BCUT2D eigenvalue weighted by Gasteiger charge is 2.32. The van der Waals surface area contributed by atoms with Gasteiger partial charge in [0.2, 0.25) is 0 Å². The van der Waals surface area contributed by atoms with Gasteiger partial charge in [0.25, 0.3) is 0 Å². The van der Waals surface area contributed by atoms with Crippen LogP contribution in [0.1, 0.15) is 18.4 Å². The fourth-order valence-corrected chi connectivity index (χ4v) is 4.85. The third-order valence-electron chi connectivity index (χ3n) is 6.72. The minimum absolute atomic E-state index is 0. The van der Waals surface area contributed by atoms with Gasteiger partial charge in [-0.05, 0) is 61.2 Å². The van der Waals surface area contributed by atoms with Crippen LogP contribution in [0.3, 0.4) is 0 Å². The van der Waals surface area contributed by atoms with Crippen molar-refractivity contribution in [3.63, 3.8) is 0 Å². The third-order valence-corrected chi connectivity index (χ3v) is 6.72. The second-order valence-corrected chi connectivity index (χ2v) is 9.67. The highest BCUT2D eigenvalue weighted by Crippen LogP contribution is 2.37. The van der Waals surface area contributed by atoms with Crippen LogP contribution in [0.15, 0.2) is 60.9 Å². The number of pyridine rings is 1. The predicted octanol–water partition coefficient (Wildman–Crippen LogP) is 6.65. The predicted molar refractivity (Wildman–Crippen MR) is 155 cm³/mol. The number of benzene rings is 2. The summed E-state index contributed by atoms with van der Waals surface area (Å²) in [5.41, 5.74) is 8.96. The zero-order valence-corrected chi connectivity index (χ0v) is 23.6. The maximum atomic E-state index is 14.6. The van der Waals surface area contributed by atoms with Crippen molar-refractivity contribution in [1.82, 2.24) is 15.0 Å². The molecule has 0 bridgehead atoms. The SMILES string of the molecule is COc1cccc(F)c1-c1nccc(Nc2cc(N3CCC[C@H](N)C3)c(-c3ccc(OC(F)(F)F)c(C)c3)cn2)n1.Cl. The van der Waals surface area contributed by atoms with E-state index in [0.717, 1.165) is 30.6 Å². The second-order valence-electron chi connectivity index (χ2n) is 9.67. The van der Waals surface area contributed by atoms with Crippen LogP contribution in [0.25, 0.3) is 22.5 Å². The fourth-order valence-electron chi connectivity index (χ4n) is 4.85. The molecule has 0 spiro atoms. The molecule has 1 atom stereocenters. The summed E-state index contributed by atoms with van der Waals surface area (Å²) in [5.74, 6) is 0.499. The lowest BCUT2D eigenvalue weighted by atomic mass is 10.00. The number of halogens is 5. The van der Waals surface area contributed by atoms with Gasteiger partial charge in [-0.2, -0.15) is 0 Å². The third kappa shape index (κ3) is 7.00. The highest BCUT2D eigenvalue weighted by molar-refractivity contribution is 5.85. The number of alkyl halides is 3. The van der Waals surface area contributed by atoms with Gasteiger partial charge < -0.3 is 25.4 Å². The number of anilines is 3. The van der Waals surface area contributed by atoms with Gasteiger partial charge in [-0.1, -0.05) is 12.1 Å². The van der Waals surface area contributed by atoms with Crippen LogP contribution in [0.2, 0.25) is 0 Å². The minimum atomic E-state index is -4.78. The average Bonchev–Trinajstić information content (AvgIpc) is 2.93. The van der Waals surface area contributed by atoms with E-state index in [1.165, 1.54) is 31.5 Å². The van der Waals surface area contributed by atoms with Crippen molar-refractivity contribution in [2.75, 3.05) is 30.4 Å². The van der Waals surface area contributed by atoms with Gasteiger partial charge in [0.15, 0.2) is 5.82 Å². The topological polar surface area (TPSA) is 98.4 Å². The number of rotatable bonds is 7. The molecule has 5 rings (SSSR count). The van der Waals surface area contributed by atoms with Crippen LogP contribution in [0.4, 0.5) is 34.9 Å². The lowest BCUT2D eigenvalue weighted by Gasteiger charge is -2.34. The summed E-state index contributed by atoms with van der Waals surface area (Å²) >= 11 is 0. The Hall–Kier alpha value is -4.16. The lowest BCUT2D eigenvalue weighted by Crippen LogP contribution is -2.43. The van der Waals surface area contributed by atoms with Crippen molar-refractivity contribution in [2.45, 2.75) is 32.2 Å². The van der Waals surface area contributed by atoms with Gasteiger partial charge in [0, 0.05) is 48.8 Å². The van der Waals surface area contributed by atoms with Crippen LogP contribution in [0, 0.1) is 12.7 Å². The van der Waals surface area contributed by atoms with Crippen molar-refractivity contribution >= 4 is 29.7 Å². The molecule has 0 radical (unpaired) electrons. The summed E-state index contributed by atoms with van der Waals surface area (Å²) in [5, 5.41) is 3.16. The molecule has 0 aliphatic carbocycles. The van der Waals surface area contributed by atoms with Gasteiger partial charge in [0.05, 0.1) is 12.7 Å². The van der Waals surface area contributed by atoms with E-state index in [1.54, 1.807) is 37.4 Å². The molecule has 13 heteroatoms. The zero-order valence-electron chi connectivity index (χ0n) is 22.8. The number of methoxy groups -OCH3 is 1. The summed E-state index contributed by atoms with van der Waals surface area (Å²) in [4.78, 5) is 15.4. The van der Waals surface area contributed by atoms with E-state index in [9.17, 15) is 17.6 Å². The van der Waals surface area contributed by atoms with Crippen molar-refractivity contribution in [2.24, 2.45) is 5.73 Å². The standard InChI is InChI=1S/C29H28F4N6O2.ClH/c1-17-13-18(8-9-23(17)41-29(31,32)33)20-15-36-26(14-22(20)39-12-4-5-19(34)16-39)37-25-10-11-35-28(38-25)27-21(30)6-3-7-24(27)40-2;/h3,6-11,13-15,19H,4-5,12,16,34H2,1-2H3,(H,35,36,37,38);1H/t19-;/m0./s1. The van der Waals surface area contributed by atoms with E-state index in [1.807, 2.05) is 6.07 Å². The van der Waals surface area contributed by atoms with E-state index in [0.29, 0.717) is 35.1 Å². The number of aromatic nitrogens is 3. The van der Waals surface area contributed by atoms with Gasteiger partial charge in [-0.25, -0.2) is 19.3 Å². The van der Waals surface area contributed by atoms with Gasteiger partial charge in [-0.3, -0.25) is 0 Å². The Morgan fingerprint density at radius 3 is 2.57 bits per heavy atom. The smallest absolute Gasteiger partial charge is 0.496 e. The number of aryl methyl sites for hydroxylation is 1. The molecule has 0 unspecified atom stereocenters. The molecule has 42 heavy (non-hydrogen) atoms. The van der Waals surface area contributed by atoms with Crippen molar-refractivity contribution in [1.29, 1.82) is 0 Å². The van der Waals surface area contributed by atoms with Crippen molar-refractivity contribution in [3.8, 4) is 34.0 Å². The normalized spacial score (nSPS) is 15.1. The molecule has 4 aromatic rings. The first-order valence-corrected chi connectivity index (χ1v) is 12.9. The first kappa shape index (κ1) is 30.8. The Balaban J connectivity index is 0.00000405. The maximum absolute atomic E-state index is 14.6. The molecule has 1 saturated heterocycles. The quantitative estimate of drug-likeness (QED) is 0.226. The van der Waals surface area contributed by atoms with Crippen LogP contribution in [-0.2, 0) is 0 Å². The van der Waals surface area contributed by atoms with Crippen LogP contribution in [0.5, 0.6) is 11.5 Å². The number of nitrogens with zero attached hydrogens (tertiary/aromatic N) is 4. The number of piperidine rings is 1. The second kappa shape index (κ2) is 12.8. The van der Waals surface area contributed by atoms with Gasteiger partial charge in [0.1, 0.15) is 29.0 Å². The van der Waals surface area contributed by atoms with E-state index >= 15 is 0 Å². The van der Waals surface area contributed by atoms with E-state index < -0.39 is 12.2 Å². The molecule has 1 fully saturated rings. The Kier molecular flexibility index (Phi) is 9.37. The number of hydrogen-bond acceptors (Lipinski definition) is 8. The molecule has 3 heterocycles. The first-order valence-electron chi connectivity index (χ1n) is 12.9. The lowest BCUT2D eigenvalue weighted by molar-refractivity contribution is -0.274. The van der Waals surface area contributed by atoms with Crippen molar-refractivity contribution in [3.05, 3.63) is 72.3 Å². The number of nitrogens with one attached hydrogen (secondary N) is 1. The molecule has 8 nitrogen and oxygen atoms in total. The summed E-state index contributed by atoms with van der Waals surface area (Å²) in [6, 6.07) is 12.4. The van der Waals surface area contributed by atoms with E-state index in [2.05, 4.69) is 29.9 Å². The van der Waals surface area contributed by atoms with Crippen LogP contribution >= 0.6 is 12.4 Å². The van der Waals surface area contributed by atoms with E-state index in [4.69, 9.17) is 10.5 Å². The monoisotopic (exact) mass is 604 g/mol. The van der Waals surface area contributed by atoms with Gasteiger partial charge in [-0.15, -0.1) is 25.6 Å². The summed E-state index contributed by atoms with van der Waals surface area (Å²) in [6.45, 7) is 2.92. The average molecular weight is 605 g/mol. The number of nitrogens with two attached hydrogens (primary N) is 1. The molecule has 0 saturated carbocycles. The molecule has 0 amide bonds. The molecule has 1 aliphatic rings. The number of hydrogen-bond donors (Lipinski definition) is 2. The van der Waals surface area contributed by atoms with Gasteiger partial charge >= 0.3 is 6.36 Å². The fraction of sp³-hybridized carbons (Fsp3) is 0.276. The molecular weight excluding hydrogens is 576 g/mol. The zero-order chi connectivity index (χ0) is 29.1. The first-order chi connectivity index (χ1) is 19.6. The molecule has 222 valence electrons. The largest absolute Gasteiger partial charge is 0.573 e. The van der Waals surface area contributed by atoms with E-state index in [-0.39, 0.29) is 35.6 Å². The summed E-state index contributed by atoms with van der Waals surface area (Å²) in [7, 11) is 1.44. The molecule has 3 N–H and O–H groups in total. The minimum Gasteiger partial charge on any atom is -0.496 e. The summed E-state index contributed by atoms with van der Waals surface area (Å²) < 4.78 is 62.5. The highest BCUT2D eigenvalue weighted by atomic mass is 35.5. The maximum Gasteiger partial charge on any atom is 0.573 e.